The standard InChI is InChI=1S/C9H5ClN2O4/c1-16-8-3-6(9(10)13)5(4-11)2-7(8)12(14)15/h2-3H,1H3. The molecule has 0 fully saturated rings. The number of nitro benzene ring substituents is 1. The maximum atomic E-state index is 11.0. The maximum absolute atomic E-state index is 11.0. The highest BCUT2D eigenvalue weighted by atomic mass is 35.5. The summed E-state index contributed by atoms with van der Waals surface area (Å²) >= 11 is 5.23. The Hall–Kier alpha value is -2.13. The highest BCUT2D eigenvalue weighted by molar-refractivity contribution is 6.68. The summed E-state index contributed by atoms with van der Waals surface area (Å²) in [6.45, 7) is 0. The van der Waals surface area contributed by atoms with Crippen LogP contribution in [-0.2, 0) is 0 Å². The summed E-state index contributed by atoms with van der Waals surface area (Å²) in [5, 5.41) is 18.5. The van der Waals surface area contributed by atoms with Crippen LogP contribution in [0, 0.1) is 21.4 Å². The summed E-state index contributed by atoms with van der Waals surface area (Å²) in [7, 11) is 1.22. The van der Waals surface area contributed by atoms with Crippen molar-refractivity contribution in [2.75, 3.05) is 7.11 Å². The van der Waals surface area contributed by atoms with Crippen LogP contribution in [0.2, 0.25) is 0 Å². The highest BCUT2D eigenvalue weighted by Crippen LogP contribution is 2.30. The van der Waals surface area contributed by atoms with E-state index in [4.69, 9.17) is 21.6 Å². The SMILES string of the molecule is COc1cc(C(=O)Cl)c(C#N)cc1[N+](=O)[O-]. The second-order valence-electron chi connectivity index (χ2n) is 2.71. The molecule has 0 spiro atoms. The first kappa shape index (κ1) is 11.9. The van der Waals surface area contributed by atoms with Crippen molar-refractivity contribution in [2.24, 2.45) is 0 Å². The number of ether oxygens (including phenoxy) is 1. The van der Waals surface area contributed by atoms with E-state index >= 15 is 0 Å². The predicted octanol–water partition coefficient (Wildman–Crippen LogP) is 1.85. The molecule has 16 heavy (non-hydrogen) atoms. The molecule has 0 aliphatic carbocycles. The molecule has 0 heterocycles. The van der Waals surface area contributed by atoms with Crippen LogP contribution in [0.4, 0.5) is 5.69 Å². The van der Waals surface area contributed by atoms with Crippen LogP contribution in [-0.4, -0.2) is 17.3 Å². The fraction of sp³-hybridized carbons (Fsp3) is 0.111. The molecule has 0 saturated heterocycles. The smallest absolute Gasteiger partial charge is 0.312 e. The lowest BCUT2D eigenvalue weighted by Gasteiger charge is -2.04. The summed E-state index contributed by atoms with van der Waals surface area (Å²) < 4.78 is 4.74. The quantitative estimate of drug-likeness (QED) is 0.457. The van der Waals surface area contributed by atoms with Crippen LogP contribution in [0.15, 0.2) is 12.1 Å². The van der Waals surface area contributed by atoms with Crippen LogP contribution < -0.4 is 4.74 Å². The molecule has 1 rings (SSSR count). The zero-order valence-corrected chi connectivity index (χ0v) is 8.82. The molecule has 0 N–H and O–H groups in total. The van der Waals surface area contributed by atoms with Gasteiger partial charge in [0, 0.05) is 12.1 Å². The molecule has 0 aliphatic rings. The molecule has 82 valence electrons. The van der Waals surface area contributed by atoms with Gasteiger partial charge >= 0.3 is 5.69 Å². The van der Waals surface area contributed by atoms with Gasteiger partial charge in [-0.25, -0.2) is 0 Å². The van der Waals surface area contributed by atoms with Gasteiger partial charge in [0.25, 0.3) is 5.24 Å². The van der Waals surface area contributed by atoms with Crippen LogP contribution >= 0.6 is 11.6 Å². The predicted molar refractivity (Wildman–Crippen MR) is 54.5 cm³/mol. The first-order valence-electron chi connectivity index (χ1n) is 3.97. The molecule has 6 nitrogen and oxygen atoms in total. The Balaban J connectivity index is 3.54. The number of nitro groups is 1. The second kappa shape index (κ2) is 4.59. The molecule has 0 saturated carbocycles. The molecule has 0 unspecified atom stereocenters. The van der Waals surface area contributed by atoms with Gasteiger partial charge in [0.1, 0.15) is 6.07 Å². The highest BCUT2D eigenvalue weighted by Gasteiger charge is 2.21. The van der Waals surface area contributed by atoms with E-state index in [0.29, 0.717) is 0 Å². The largest absolute Gasteiger partial charge is 0.490 e. The molecule has 1 aromatic carbocycles. The lowest BCUT2D eigenvalue weighted by Crippen LogP contribution is -2.00. The number of carbonyl (C=O) groups is 1. The van der Waals surface area contributed by atoms with Crippen molar-refractivity contribution >= 4 is 22.5 Å². The van der Waals surface area contributed by atoms with Gasteiger partial charge in [-0.05, 0) is 11.6 Å². The minimum Gasteiger partial charge on any atom is -0.490 e. The number of benzene rings is 1. The van der Waals surface area contributed by atoms with E-state index in [-0.39, 0.29) is 22.6 Å². The van der Waals surface area contributed by atoms with E-state index in [2.05, 4.69) is 0 Å². The fourth-order valence-electron chi connectivity index (χ4n) is 1.13. The summed E-state index contributed by atoms with van der Waals surface area (Å²) in [4.78, 5) is 20.9. The van der Waals surface area contributed by atoms with Crippen LogP contribution in [0.3, 0.4) is 0 Å². The number of methoxy groups -OCH3 is 1. The third kappa shape index (κ3) is 2.10. The maximum Gasteiger partial charge on any atom is 0.312 e. The average Bonchev–Trinajstić information content (AvgIpc) is 2.26. The number of rotatable bonds is 3. The van der Waals surface area contributed by atoms with E-state index in [1.807, 2.05) is 0 Å². The Morgan fingerprint density at radius 2 is 2.25 bits per heavy atom. The summed E-state index contributed by atoms with van der Waals surface area (Å²) in [6, 6.07) is 3.69. The average molecular weight is 241 g/mol. The third-order valence-electron chi connectivity index (χ3n) is 1.85. The van der Waals surface area contributed by atoms with Crippen molar-refractivity contribution in [1.29, 1.82) is 5.26 Å². The topological polar surface area (TPSA) is 93.2 Å². The summed E-state index contributed by atoms with van der Waals surface area (Å²) in [6.07, 6.45) is 0. The number of nitrogens with zero attached hydrogens (tertiary/aromatic N) is 2. The fourth-order valence-corrected chi connectivity index (χ4v) is 1.29. The van der Waals surface area contributed by atoms with Crippen molar-refractivity contribution in [3.8, 4) is 11.8 Å². The Bertz CT molecular complexity index is 507. The number of nitriles is 1. The van der Waals surface area contributed by atoms with E-state index in [0.717, 1.165) is 12.1 Å². The molecule has 0 bridgehead atoms. The molecule has 0 aliphatic heterocycles. The Morgan fingerprint density at radius 1 is 1.62 bits per heavy atom. The van der Waals surface area contributed by atoms with Gasteiger partial charge in [-0.1, -0.05) is 0 Å². The normalized spacial score (nSPS) is 9.31. The Kier molecular flexibility index (Phi) is 3.43. The third-order valence-corrected chi connectivity index (χ3v) is 2.05. The lowest BCUT2D eigenvalue weighted by molar-refractivity contribution is -0.385. The molecule has 0 amide bonds. The van der Waals surface area contributed by atoms with E-state index in [9.17, 15) is 14.9 Å². The molecule has 0 radical (unpaired) electrons. The van der Waals surface area contributed by atoms with Crippen molar-refractivity contribution in [3.63, 3.8) is 0 Å². The zero-order valence-electron chi connectivity index (χ0n) is 8.06. The zero-order chi connectivity index (χ0) is 12.3. The molecular formula is C9H5ClN2O4. The summed E-state index contributed by atoms with van der Waals surface area (Å²) in [5.74, 6) is -0.118. The second-order valence-corrected chi connectivity index (χ2v) is 3.06. The van der Waals surface area contributed by atoms with Gasteiger partial charge in [-0.3, -0.25) is 14.9 Å². The minimum atomic E-state index is -0.871. The number of hydrogen-bond acceptors (Lipinski definition) is 5. The number of hydrogen-bond donors (Lipinski definition) is 0. The monoisotopic (exact) mass is 240 g/mol. The van der Waals surface area contributed by atoms with Crippen molar-refractivity contribution in [3.05, 3.63) is 33.4 Å². The number of carbonyl (C=O) groups excluding carboxylic acids is 1. The van der Waals surface area contributed by atoms with Gasteiger partial charge in [0.15, 0.2) is 5.75 Å². The van der Waals surface area contributed by atoms with Gasteiger partial charge in [-0.2, -0.15) is 5.26 Å². The lowest BCUT2D eigenvalue weighted by atomic mass is 10.1. The van der Waals surface area contributed by atoms with Crippen molar-refractivity contribution in [2.45, 2.75) is 0 Å². The van der Waals surface area contributed by atoms with Crippen LogP contribution in [0.1, 0.15) is 15.9 Å². The van der Waals surface area contributed by atoms with Gasteiger partial charge in [-0.15, -0.1) is 0 Å². The van der Waals surface area contributed by atoms with Crippen LogP contribution in [0.25, 0.3) is 0 Å². The molecular weight excluding hydrogens is 236 g/mol. The first-order valence-corrected chi connectivity index (χ1v) is 4.35. The van der Waals surface area contributed by atoms with Crippen LogP contribution in [0.5, 0.6) is 5.75 Å². The molecule has 0 aromatic heterocycles. The van der Waals surface area contributed by atoms with Crippen molar-refractivity contribution in [1.82, 2.24) is 0 Å². The Morgan fingerprint density at radius 3 is 2.62 bits per heavy atom. The van der Waals surface area contributed by atoms with E-state index in [1.54, 1.807) is 6.07 Å². The van der Waals surface area contributed by atoms with E-state index in [1.165, 1.54) is 7.11 Å². The van der Waals surface area contributed by atoms with Gasteiger partial charge < -0.3 is 4.74 Å². The van der Waals surface area contributed by atoms with Gasteiger partial charge in [0.05, 0.1) is 23.2 Å². The molecule has 0 atom stereocenters. The Labute approximate surface area is 95.2 Å². The van der Waals surface area contributed by atoms with Gasteiger partial charge in [0.2, 0.25) is 0 Å². The molecule has 1 aromatic rings. The summed E-state index contributed by atoms with van der Waals surface area (Å²) in [5.41, 5.74) is -0.667. The van der Waals surface area contributed by atoms with Crippen molar-refractivity contribution < 1.29 is 14.5 Å². The number of halogens is 1. The first-order chi connectivity index (χ1) is 7.51. The van der Waals surface area contributed by atoms with E-state index < -0.39 is 10.2 Å². The minimum absolute atomic E-state index is 0.118. The molecule has 7 heteroatoms.